The lowest BCUT2D eigenvalue weighted by Gasteiger charge is -2.16. The van der Waals surface area contributed by atoms with Crippen LogP contribution in [0.5, 0.6) is 5.75 Å². The fraction of sp³-hybridized carbons (Fsp3) is 0.417. The predicted molar refractivity (Wildman–Crippen MR) is 52.9 cm³/mol. The average molecular weight is 188 g/mol. The Balaban J connectivity index is 2.15. The molecule has 1 aliphatic heterocycles. The number of ketones is 1. The molecule has 14 heavy (non-hydrogen) atoms. The van der Waals surface area contributed by atoms with Gasteiger partial charge in [0.05, 0.1) is 5.56 Å². The minimum absolute atomic E-state index is 0.133. The Morgan fingerprint density at radius 2 is 1.79 bits per heavy atom. The number of carbonyl (C=O) groups is 1. The molecule has 2 nitrogen and oxygen atoms in total. The molecule has 0 atom stereocenters. The summed E-state index contributed by atoms with van der Waals surface area (Å²) in [6, 6.07) is 4.11. The molecule has 1 aliphatic carbocycles. The highest BCUT2D eigenvalue weighted by atomic mass is 16.5. The van der Waals surface area contributed by atoms with E-state index in [0.29, 0.717) is 0 Å². The normalized spacial score (nSPS) is 18.7. The maximum absolute atomic E-state index is 11.4. The zero-order chi connectivity index (χ0) is 9.54. The molecule has 0 radical (unpaired) electrons. The Morgan fingerprint density at radius 3 is 2.57 bits per heavy atom. The lowest BCUT2D eigenvalue weighted by Crippen LogP contribution is -2.04. The van der Waals surface area contributed by atoms with E-state index >= 15 is 0 Å². The molecule has 1 aromatic carbocycles. The third kappa shape index (κ3) is 1.07. The number of fused-ring (bicyclic) bond motifs is 2. The highest BCUT2D eigenvalue weighted by Crippen LogP contribution is 2.32. The first-order valence-corrected chi connectivity index (χ1v) is 5.16. The van der Waals surface area contributed by atoms with Crippen molar-refractivity contribution in [2.24, 2.45) is 0 Å². The van der Waals surface area contributed by atoms with Gasteiger partial charge in [0.25, 0.3) is 0 Å². The van der Waals surface area contributed by atoms with Crippen molar-refractivity contribution in [2.75, 3.05) is 6.61 Å². The van der Waals surface area contributed by atoms with Crippen molar-refractivity contribution < 1.29 is 9.53 Å². The molecule has 72 valence electrons. The number of aryl methyl sites for hydroxylation is 2. The Morgan fingerprint density at radius 1 is 1.07 bits per heavy atom. The Kier molecular flexibility index (Phi) is 1.63. The zero-order valence-electron chi connectivity index (χ0n) is 8.01. The van der Waals surface area contributed by atoms with E-state index in [4.69, 9.17) is 4.74 Å². The van der Waals surface area contributed by atoms with E-state index < -0.39 is 0 Å². The van der Waals surface area contributed by atoms with Crippen LogP contribution in [0.1, 0.15) is 34.3 Å². The van der Waals surface area contributed by atoms with Gasteiger partial charge in [-0.2, -0.15) is 0 Å². The summed E-state index contributed by atoms with van der Waals surface area (Å²) < 4.78 is 5.33. The standard InChI is InChI=1S/C12H12O2/c13-11-7-14-12-6-9-4-2-1-3-8(9)5-10(11)12/h5-6H,1-4,7H2. The van der Waals surface area contributed by atoms with Crippen LogP contribution in [-0.4, -0.2) is 12.4 Å². The smallest absolute Gasteiger partial charge is 0.203 e. The van der Waals surface area contributed by atoms with Crippen molar-refractivity contribution in [3.63, 3.8) is 0 Å². The van der Waals surface area contributed by atoms with E-state index in [0.717, 1.165) is 24.2 Å². The predicted octanol–water partition coefficient (Wildman–Crippen LogP) is 2.14. The molecule has 0 bridgehead atoms. The lowest BCUT2D eigenvalue weighted by molar-refractivity contribution is 0.0961. The van der Waals surface area contributed by atoms with Crippen LogP contribution in [0.15, 0.2) is 12.1 Å². The van der Waals surface area contributed by atoms with Gasteiger partial charge in [-0.15, -0.1) is 0 Å². The van der Waals surface area contributed by atoms with Gasteiger partial charge in [0.15, 0.2) is 6.61 Å². The number of rotatable bonds is 0. The number of hydrogen-bond acceptors (Lipinski definition) is 2. The van der Waals surface area contributed by atoms with Crippen molar-refractivity contribution in [1.29, 1.82) is 0 Å². The number of benzene rings is 1. The molecule has 0 N–H and O–H groups in total. The van der Waals surface area contributed by atoms with Crippen LogP contribution in [-0.2, 0) is 12.8 Å². The molecule has 0 amide bonds. The molecule has 2 heteroatoms. The van der Waals surface area contributed by atoms with Crippen molar-refractivity contribution in [2.45, 2.75) is 25.7 Å². The van der Waals surface area contributed by atoms with E-state index in [2.05, 4.69) is 6.07 Å². The fourth-order valence-electron chi connectivity index (χ4n) is 2.32. The summed E-state index contributed by atoms with van der Waals surface area (Å²) in [7, 11) is 0. The fourth-order valence-corrected chi connectivity index (χ4v) is 2.32. The van der Waals surface area contributed by atoms with Crippen LogP contribution < -0.4 is 4.74 Å². The number of carbonyl (C=O) groups excluding carboxylic acids is 1. The van der Waals surface area contributed by atoms with E-state index in [9.17, 15) is 4.79 Å². The average Bonchev–Trinajstić information content (AvgIpc) is 2.57. The number of ether oxygens (including phenoxy) is 1. The summed E-state index contributed by atoms with van der Waals surface area (Å²) in [4.78, 5) is 11.4. The first-order chi connectivity index (χ1) is 6.84. The SMILES string of the molecule is O=C1COc2cc3c(cc21)CCCC3. The minimum atomic E-state index is 0.133. The molecular formula is C12H12O2. The van der Waals surface area contributed by atoms with Gasteiger partial charge in [-0.3, -0.25) is 4.79 Å². The summed E-state index contributed by atoms with van der Waals surface area (Å²) in [6.45, 7) is 0.234. The van der Waals surface area contributed by atoms with Gasteiger partial charge in [0.2, 0.25) is 5.78 Å². The molecule has 0 aromatic heterocycles. The van der Waals surface area contributed by atoms with Crippen LogP contribution in [0.25, 0.3) is 0 Å². The van der Waals surface area contributed by atoms with Gasteiger partial charge in [-0.25, -0.2) is 0 Å². The second kappa shape index (κ2) is 2.84. The van der Waals surface area contributed by atoms with Crippen LogP contribution in [0.4, 0.5) is 0 Å². The molecule has 3 rings (SSSR count). The molecule has 1 heterocycles. The van der Waals surface area contributed by atoms with Crippen LogP contribution in [0, 0.1) is 0 Å². The highest BCUT2D eigenvalue weighted by Gasteiger charge is 2.23. The van der Waals surface area contributed by atoms with Crippen molar-refractivity contribution >= 4 is 5.78 Å². The summed E-state index contributed by atoms with van der Waals surface area (Å²) in [5, 5.41) is 0. The van der Waals surface area contributed by atoms with Crippen LogP contribution in [0.3, 0.4) is 0 Å². The van der Waals surface area contributed by atoms with E-state index in [-0.39, 0.29) is 12.4 Å². The molecule has 0 fully saturated rings. The maximum atomic E-state index is 11.4. The van der Waals surface area contributed by atoms with Gasteiger partial charge in [0.1, 0.15) is 5.75 Å². The van der Waals surface area contributed by atoms with Gasteiger partial charge < -0.3 is 4.74 Å². The summed E-state index contributed by atoms with van der Waals surface area (Å²) in [5.41, 5.74) is 3.53. The number of hydrogen-bond donors (Lipinski definition) is 0. The second-order valence-corrected chi connectivity index (χ2v) is 4.04. The minimum Gasteiger partial charge on any atom is -0.485 e. The first kappa shape index (κ1) is 8.04. The zero-order valence-corrected chi connectivity index (χ0v) is 8.01. The largest absolute Gasteiger partial charge is 0.485 e. The van der Waals surface area contributed by atoms with Crippen LogP contribution >= 0.6 is 0 Å². The summed E-state index contributed by atoms with van der Waals surface area (Å²) in [5.74, 6) is 0.934. The molecule has 1 aromatic rings. The second-order valence-electron chi connectivity index (χ2n) is 4.04. The molecule has 0 saturated heterocycles. The molecule has 2 aliphatic rings. The van der Waals surface area contributed by atoms with Crippen LogP contribution in [0.2, 0.25) is 0 Å². The van der Waals surface area contributed by atoms with Crippen molar-refractivity contribution in [3.05, 3.63) is 28.8 Å². The summed E-state index contributed by atoms with van der Waals surface area (Å²) in [6.07, 6.45) is 4.77. The topological polar surface area (TPSA) is 26.3 Å². The van der Waals surface area contributed by atoms with E-state index in [1.807, 2.05) is 6.07 Å². The molecule has 0 saturated carbocycles. The van der Waals surface area contributed by atoms with Gasteiger partial charge in [-0.05, 0) is 48.9 Å². The van der Waals surface area contributed by atoms with E-state index in [1.165, 1.54) is 24.0 Å². The highest BCUT2D eigenvalue weighted by molar-refractivity contribution is 6.02. The van der Waals surface area contributed by atoms with Crippen molar-refractivity contribution in [3.8, 4) is 5.75 Å². The molecule has 0 spiro atoms. The molecule has 0 unspecified atom stereocenters. The Labute approximate surface area is 82.9 Å². The third-order valence-corrected chi connectivity index (χ3v) is 3.10. The number of Topliss-reactive ketones (excluding diaryl/α,β-unsaturated/α-hetero) is 1. The maximum Gasteiger partial charge on any atom is 0.203 e. The third-order valence-electron chi connectivity index (χ3n) is 3.10. The first-order valence-electron chi connectivity index (χ1n) is 5.16. The van der Waals surface area contributed by atoms with Gasteiger partial charge >= 0.3 is 0 Å². The van der Waals surface area contributed by atoms with Crippen molar-refractivity contribution in [1.82, 2.24) is 0 Å². The quantitative estimate of drug-likeness (QED) is 0.623. The lowest BCUT2D eigenvalue weighted by atomic mass is 9.90. The summed E-state index contributed by atoms with van der Waals surface area (Å²) >= 11 is 0. The van der Waals surface area contributed by atoms with Gasteiger partial charge in [-0.1, -0.05) is 0 Å². The monoisotopic (exact) mass is 188 g/mol. The molecular weight excluding hydrogens is 176 g/mol. The van der Waals surface area contributed by atoms with E-state index in [1.54, 1.807) is 0 Å². The van der Waals surface area contributed by atoms with Gasteiger partial charge in [0, 0.05) is 0 Å². The Bertz CT molecular complexity index is 407. The Hall–Kier alpha value is -1.31.